The molecule has 0 bridgehead atoms. The van der Waals surface area contributed by atoms with E-state index in [9.17, 15) is 0 Å². The Bertz CT molecular complexity index is 161. The Morgan fingerprint density at radius 3 is 3.00 bits per heavy atom. The van der Waals surface area contributed by atoms with Crippen LogP contribution in [0, 0.1) is 0 Å². The minimum absolute atomic E-state index is 0.264. The Labute approximate surface area is 52.1 Å². The molecule has 0 radical (unpaired) electrons. The Hall–Kier alpha value is -0.870. The molecule has 1 heterocycles. The Morgan fingerprint density at radius 1 is 1.78 bits per heavy atom. The van der Waals surface area contributed by atoms with E-state index in [4.69, 9.17) is 10.2 Å². The van der Waals surface area contributed by atoms with E-state index >= 15 is 0 Å². The van der Waals surface area contributed by atoms with E-state index in [0.717, 1.165) is 0 Å². The zero-order valence-corrected chi connectivity index (χ0v) is 4.78. The van der Waals surface area contributed by atoms with Gasteiger partial charge in [0.05, 0.1) is 12.8 Å². The zero-order valence-electron chi connectivity index (χ0n) is 4.78. The molecule has 0 amide bonds. The van der Waals surface area contributed by atoms with Crippen LogP contribution in [-0.2, 0) is 0 Å². The van der Waals surface area contributed by atoms with E-state index in [0.29, 0.717) is 5.56 Å². The standard InChI is InChI=1S/C5H8N2O2/c8-3-5(9)4-1-6-7-2-4/h1-2,5,8-9H,3H2,(H,6,7). The van der Waals surface area contributed by atoms with E-state index in [1.807, 2.05) is 0 Å². The zero-order chi connectivity index (χ0) is 6.69. The van der Waals surface area contributed by atoms with Crippen molar-refractivity contribution in [2.24, 2.45) is 0 Å². The first-order chi connectivity index (χ1) is 4.34. The maximum Gasteiger partial charge on any atom is 0.105 e. The number of aromatic nitrogens is 2. The summed E-state index contributed by atoms with van der Waals surface area (Å²) < 4.78 is 0. The van der Waals surface area contributed by atoms with E-state index in [1.54, 1.807) is 6.20 Å². The molecule has 1 aromatic heterocycles. The summed E-state index contributed by atoms with van der Waals surface area (Å²) in [6.07, 6.45) is 2.21. The fourth-order valence-electron chi connectivity index (χ4n) is 0.549. The van der Waals surface area contributed by atoms with E-state index in [2.05, 4.69) is 10.2 Å². The number of hydrogen-bond donors (Lipinski definition) is 3. The fraction of sp³-hybridized carbons (Fsp3) is 0.400. The van der Waals surface area contributed by atoms with Gasteiger partial charge in [-0.15, -0.1) is 0 Å². The van der Waals surface area contributed by atoms with Crippen molar-refractivity contribution in [1.82, 2.24) is 10.2 Å². The lowest BCUT2D eigenvalue weighted by Crippen LogP contribution is -2.00. The van der Waals surface area contributed by atoms with Gasteiger partial charge < -0.3 is 10.2 Å². The maximum atomic E-state index is 8.91. The summed E-state index contributed by atoms with van der Waals surface area (Å²) in [7, 11) is 0. The van der Waals surface area contributed by atoms with Crippen molar-refractivity contribution in [1.29, 1.82) is 0 Å². The fourth-order valence-corrected chi connectivity index (χ4v) is 0.549. The van der Waals surface area contributed by atoms with Gasteiger partial charge in [0, 0.05) is 11.8 Å². The largest absolute Gasteiger partial charge is 0.393 e. The van der Waals surface area contributed by atoms with Crippen LogP contribution in [0.4, 0.5) is 0 Å². The quantitative estimate of drug-likeness (QED) is 0.500. The molecule has 0 spiro atoms. The van der Waals surface area contributed by atoms with Crippen LogP contribution in [0.1, 0.15) is 11.7 Å². The Morgan fingerprint density at radius 2 is 2.56 bits per heavy atom. The van der Waals surface area contributed by atoms with Gasteiger partial charge in [-0.3, -0.25) is 5.10 Å². The highest BCUT2D eigenvalue weighted by Crippen LogP contribution is 2.07. The van der Waals surface area contributed by atoms with Gasteiger partial charge in [0.2, 0.25) is 0 Å². The molecule has 1 unspecified atom stereocenters. The Balaban J connectivity index is 2.65. The lowest BCUT2D eigenvalue weighted by atomic mass is 10.2. The number of aromatic amines is 1. The maximum absolute atomic E-state index is 8.91. The summed E-state index contributed by atoms with van der Waals surface area (Å²) in [4.78, 5) is 0. The number of H-pyrrole nitrogens is 1. The van der Waals surface area contributed by atoms with Gasteiger partial charge >= 0.3 is 0 Å². The van der Waals surface area contributed by atoms with Crippen LogP contribution in [0.5, 0.6) is 0 Å². The van der Waals surface area contributed by atoms with Crippen molar-refractivity contribution in [2.75, 3.05) is 6.61 Å². The molecule has 0 aromatic carbocycles. The molecular weight excluding hydrogens is 120 g/mol. The summed E-state index contributed by atoms with van der Waals surface area (Å²) in [5.74, 6) is 0. The number of aliphatic hydroxyl groups excluding tert-OH is 2. The number of aliphatic hydroxyl groups is 2. The molecule has 3 N–H and O–H groups in total. The van der Waals surface area contributed by atoms with Crippen molar-refractivity contribution < 1.29 is 10.2 Å². The summed E-state index contributed by atoms with van der Waals surface area (Å²) in [6.45, 7) is -0.264. The van der Waals surface area contributed by atoms with Crippen LogP contribution in [-0.4, -0.2) is 27.0 Å². The molecular formula is C5H8N2O2. The number of rotatable bonds is 2. The predicted molar refractivity (Wildman–Crippen MR) is 30.6 cm³/mol. The molecule has 0 aliphatic carbocycles. The molecule has 50 valence electrons. The van der Waals surface area contributed by atoms with Crippen LogP contribution < -0.4 is 0 Å². The average molecular weight is 128 g/mol. The normalized spacial score (nSPS) is 13.6. The summed E-state index contributed by atoms with van der Waals surface area (Å²) in [5.41, 5.74) is 0.609. The van der Waals surface area contributed by atoms with Crippen LogP contribution in [0.3, 0.4) is 0 Å². The van der Waals surface area contributed by atoms with Gasteiger partial charge in [-0.05, 0) is 0 Å². The van der Waals surface area contributed by atoms with Crippen molar-refractivity contribution in [3.05, 3.63) is 18.0 Å². The molecule has 4 nitrogen and oxygen atoms in total. The smallest absolute Gasteiger partial charge is 0.105 e. The third-order valence-corrected chi connectivity index (χ3v) is 1.08. The minimum Gasteiger partial charge on any atom is -0.393 e. The van der Waals surface area contributed by atoms with E-state index in [-0.39, 0.29) is 6.61 Å². The summed E-state index contributed by atoms with van der Waals surface area (Å²) in [6, 6.07) is 0. The van der Waals surface area contributed by atoms with Gasteiger partial charge in [0.15, 0.2) is 0 Å². The molecule has 1 rings (SSSR count). The molecule has 4 heteroatoms. The second-order valence-corrected chi connectivity index (χ2v) is 1.73. The minimum atomic E-state index is -0.802. The highest BCUT2D eigenvalue weighted by atomic mass is 16.3. The van der Waals surface area contributed by atoms with Crippen molar-refractivity contribution >= 4 is 0 Å². The lowest BCUT2D eigenvalue weighted by Gasteiger charge is -2.00. The molecule has 1 atom stereocenters. The molecule has 0 aliphatic heterocycles. The number of hydrogen-bond acceptors (Lipinski definition) is 3. The van der Waals surface area contributed by atoms with E-state index < -0.39 is 6.10 Å². The van der Waals surface area contributed by atoms with Gasteiger partial charge in [0.25, 0.3) is 0 Å². The summed E-state index contributed by atoms with van der Waals surface area (Å²) >= 11 is 0. The van der Waals surface area contributed by atoms with Crippen LogP contribution in [0.25, 0.3) is 0 Å². The number of nitrogens with zero attached hydrogens (tertiary/aromatic N) is 1. The first-order valence-electron chi connectivity index (χ1n) is 2.62. The molecule has 0 saturated carbocycles. The van der Waals surface area contributed by atoms with Crippen molar-refractivity contribution in [3.8, 4) is 0 Å². The van der Waals surface area contributed by atoms with Gasteiger partial charge in [0.1, 0.15) is 6.10 Å². The second kappa shape index (κ2) is 2.61. The molecule has 0 fully saturated rings. The predicted octanol–water partition coefficient (Wildman–Crippen LogP) is -0.565. The molecule has 0 aliphatic rings. The van der Waals surface area contributed by atoms with Crippen molar-refractivity contribution in [2.45, 2.75) is 6.10 Å². The molecule has 9 heavy (non-hydrogen) atoms. The lowest BCUT2D eigenvalue weighted by molar-refractivity contribution is 0.0956. The first kappa shape index (κ1) is 6.25. The topological polar surface area (TPSA) is 69.1 Å². The van der Waals surface area contributed by atoms with Crippen LogP contribution in [0.15, 0.2) is 12.4 Å². The van der Waals surface area contributed by atoms with Gasteiger partial charge in [-0.2, -0.15) is 5.10 Å². The van der Waals surface area contributed by atoms with Crippen LogP contribution >= 0.6 is 0 Å². The highest BCUT2D eigenvalue weighted by Gasteiger charge is 2.04. The third-order valence-electron chi connectivity index (χ3n) is 1.08. The van der Waals surface area contributed by atoms with Crippen LogP contribution in [0.2, 0.25) is 0 Å². The monoisotopic (exact) mass is 128 g/mol. The van der Waals surface area contributed by atoms with Gasteiger partial charge in [-0.1, -0.05) is 0 Å². The van der Waals surface area contributed by atoms with E-state index in [1.165, 1.54) is 6.20 Å². The summed E-state index contributed by atoms with van der Waals surface area (Å²) in [5, 5.41) is 23.4. The number of nitrogens with one attached hydrogen (secondary N) is 1. The second-order valence-electron chi connectivity index (χ2n) is 1.73. The molecule has 0 saturated heterocycles. The third kappa shape index (κ3) is 1.28. The SMILES string of the molecule is OCC(O)c1cn[nH]c1. The average Bonchev–Trinajstić information content (AvgIpc) is 2.37. The van der Waals surface area contributed by atoms with Crippen molar-refractivity contribution in [3.63, 3.8) is 0 Å². The highest BCUT2D eigenvalue weighted by molar-refractivity contribution is 5.05. The van der Waals surface area contributed by atoms with Gasteiger partial charge in [-0.25, -0.2) is 0 Å². The first-order valence-corrected chi connectivity index (χ1v) is 2.62. The molecule has 1 aromatic rings. The Kier molecular flexibility index (Phi) is 1.81.